The van der Waals surface area contributed by atoms with Crippen LogP contribution in [0.25, 0.3) is 22.0 Å². The number of nitrogens with zero attached hydrogens (tertiary/aromatic N) is 4. The molecule has 34 heavy (non-hydrogen) atoms. The maximum atomic E-state index is 12.9. The number of alkyl halides is 3. The number of amides is 3. The van der Waals surface area contributed by atoms with Crippen molar-refractivity contribution in [3.05, 3.63) is 66.2 Å². The first-order valence-electron chi connectivity index (χ1n) is 9.88. The number of urea groups is 1. The Hall–Kier alpha value is -4.48. The predicted octanol–water partition coefficient (Wildman–Crippen LogP) is 4.38. The highest BCUT2D eigenvalue weighted by Crippen LogP contribution is 2.30. The maximum absolute atomic E-state index is 12.9. The molecule has 0 bridgehead atoms. The zero-order valence-corrected chi connectivity index (χ0v) is 17.9. The Kier molecular flexibility index (Phi) is 5.88. The molecule has 1 aromatic carbocycles. The van der Waals surface area contributed by atoms with Crippen LogP contribution in [0.2, 0.25) is 0 Å². The lowest BCUT2D eigenvalue weighted by molar-refractivity contribution is -0.137. The van der Waals surface area contributed by atoms with Crippen molar-refractivity contribution in [1.82, 2.24) is 25.1 Å². The average Bonchev–Trinajstić information content (AvgIpc) is 3.22. The number of hydrogen-bond donors (Lipinski definition) is 3. The molecule has 0 saturated heterocycles. The number of pyridine rings is 2. The molecule has 9 nitrogen and oxygen atoms in total. The minimum atomic E-state index is -4.56. The second kappa shape index (κ2) is 8.81. The van der Waals surface area contributed by atoms with Crippen LogP contribution in [0.15, 0.2) is 55.0 Å². The van der Waals surface area contributed by atoms with Crippen LogP contribution in [-0.4, -0.2) is 51.1 Å². The second-order valence-corrected chi connectivity index (χ2v) is 7.50. The molecule has 0 aliphatic carbocycles. The van der Waals surface area contributed by atoms with Crippen LogP contribution in [0.1, 0.15) is 16.1 Å². The molecule has 12 heteroatoms. The van der Waals surface area contributed by atoms with Crippen molar-refractivity contribution in [2.24, 2.45) is 0 Å². The zero-order valence-electron chi connectivity index (χ0n) is 17.9. The maximum Gasteiger partial charge on any atom is 0.416 e. The van der Waals surface area contributed by atoms with Gasteiger partial charge in [0.15, 0.2) is 5.69 Å². The molecule has 4 aromatic rings. The Morgan fingerprint density at radius 1 is 1.00 bits per heavy atom. The molecule has 4 rings (SSSR count). The number of H-pyrrole nitrogens is 1. The highest BCUT2D eigenvalue weighted by Gasteiger charge is 2.31. The molecule has 0 saturated carbocycles. The normalized spacial score (nSPS) is 11.3. The Morgan fingerprint density at radius 3 is 2.53 bits per heavy atom. The predicted molar refractivity (Wildman–Crippen MR) is 119 cm³/mol. The number of aromatic nitrogens is 4. The first-order chi connectivity index (χ1) is 16.1. The van der Waals surface area contributed by atoms with Crippen LogP contribution in [0.3, 0.4) is 0 Å². The molecule has 0 aliphatic heterocycles. The number of carbonyl (C=O) groups excluding carboxylic acids is 2. The van der Waals surface area contributed by atoms with Crippen LogP contribution in [0.5, 0.6) is 0 Å². The molecule has 0 spiro atoms. The third-order valence-electron chi connectivity index (χ3n) is 4.84. The van der Waals surface area contributed by atoms with Gasteiger partial charge in [-0.15, -0.1) is 0 Å². The van der Waals surface area contributed by atoms with E-state index < -0.39 is 17.6 Å². The summed E-state index contributed by atoms with van der Waals surface area (Å²) in [5, 5.41) is 12.3. The van der Waals surface area contributed by atoms with E-state index in [1.165, 1.54) is 11.1 Å². The van der Waals surface area contributed by atoms with Gasteiger partial charge in [0.05, 0.1) is 23.0 Å². The Morgan fingerprint density at radius 2 is 1.79 bits per heavy atom. The number of aromatic amines is 1. The lowest BCUT2D eigenvalue weighted by atomic mass is 10.0. The smallest absolute Gasteiger partial charge is 0.331 e. The van der Waals surface area contributed by atoms with Gasteiger partial charge in [0.2, 0.25) is 0 Å². The van der Waals surface area contributed by atoms with E-state index in [-0.39, 0.29) is 17.5 Å². The zero-order chi connectivity index (χ0) is 24.5. The van der Waals surface area contributed by atoms with E-state index in [1.807, 2.05) is 0 Å². The summed E-state index contributed by atoms with van der Waals surface area (Å²) in [5.74, 6) is -0.971. The number of fused-ring (bicyclic) bond motifs is 1. The van der Waals surface area contributed by atoms with Gasteiger partial charge in [-0.3, -0.25) is 14.9 Å². The average molecular weight is 469 g/mol. The Balaban J connectivity index is 1.62. The fraction of sp³-hybridized carbons (Fsp3) is 0.136. The number of anilines is 2. The van der Waals surface area contributed by atoms with E-state index in [1.54, 1.807) is 44.6 Å². The van der Waals surface area contributed by atoms with Gasteiger partial charge >= 0.3 is 12.2 Å². The fourth-order valence-corrected chi connectivity index (χ4v) is 3.12. The molecule has 174 valence electrons. The van der Waals surface area contributed by atoms with E-state index in [9.17, 15) is 22.8 Å². The molecule has 3 amide bonds. The second-order valence-electron chi connectivity index (χ2n) is 7.50. The lowest BCUT2D eigenvalue weighted by Gasteiger charge is -2.12. The van der Waals surface area contributed by atoms with Crippen LogP contribution in [0, 0.1) is 0 Å². The molecule has 0 fully saturated rings. The van der Waals surface area contributed by atoms with E-state index in [4.69, 9.17) is 0 Å². The fourth-order valence-electron chi connectivity index (χ4n) is 3.12. The van der Waals surface area contributed by atoms with Crippen molar-refractivity contribution in [3.63, 3.8) is 0 Å². The quantitative estimate of drug-likeness (QED) is 0.410. The number of benzene rings is 1. The summed E-state index contributed by atoms with van der Waals surface area (Å²) in [6.45, 7) is 0. The summed E-state index contributed by atoms with van der Waals surface area (Å²) in [5.41, 5.74) is 1.45. The summed E-state index contributed by atoms with van der Waals surface area (Å²) in [6.07, 6.45) is -0.500. The van der Waals surface area contributed by atoms with Gasteiger partial charge < -0.3 is 15.5 Å². The number of carbonyl (C=O) groups is 2. The Labute approximate surface area is 191 Å². The van der Waals surface area contributed by atoms with Gasteiger partial charge in [0.1, 0.15) is 5.82 Å². The SMILES string of the molecule is CN(C)C(=O)Nc1cncc(-c2ccc3[nH]nc(C(=O)Nc4cc(C(F)(F)F)ccn4)c3c2)c1. The number of hydrogen-bond acceptors (Lipinski definition) is 5. The van der Waals surface area contributed by atoms with E-state index in [0.29, 0.717) is 27.7 Å². The van der Waals surface area contributed by atoms with E-state index in [2.05, 4.69) is 30.8 Å². The van der Waals surface area contributed by atoms with Crippen LogP contribution in [0.4, 0.5) is 29.5 Å². The molecule has 3 N–H and O–H groups in total. The van der Waals surface area contributed by atoms with E-state index >= 15 is 0 Å². The van der Waals surface area contributed by atoms with Crippen LogP contribution >= 0.6 is 0 Å². The van der Waals surface area contributed by atoms with Crippen molar-refractivity contribution in [2.45, 2.75) is 6.18 Å². The summed E-state index contributed by atoms with van der Waals surface area (Å²) >= 11 is 0. The van der Waals surface area contributed by atoms with Gasteiger partial charge in [0, 0.05) is 37.4 Å². The standard InChI is InChI=1S/C22H18F3N7O2/c1-32(2)21(34)28-15-7-13(10-26-11-15)12-3-4-17-16(8-12)19(31-30-17)20(33)29-18-9-14(5-6-27-18)22(23,24)25/h3-11H,1-2H3,(H,28,34)(H,30,31)(H,27,29,33). The lowest BCUT2D eigenvalue weighted by Crippen LogP contribution is -2.27. The first-order valence-corrected chi connectivity index (χ1v) is 9.88. The number of nitrogens with one attached hydrogen (secondary N) is 3. The van der Waals surface area contributed by atoms with Crippen LogP contribution < -0.4 is 10.6 Å². The van der Waals surface area contributed by atoms with Crippen molar-refractivity contribution in [3.8, 4) is 11.1 Å². The first kappa shape index (κ1) is 22.7. The van der Waals surface area contributed by atoms with Crippen molar-refractivity contribution in [2.75, 3.05) is 24.7 Å². The number of halogens is 3. The van der Waals surface area contributed by atoms with Gasteiger partial charge in [-0.05, 0) is 35.9 Å². The van der Waals surface area contributed by atoms with Gasteiger partial charge in [-0.1, -0.05) is 6.07 Å². The summed E-state index contributed by atoms with van der Waals surface area (Å²) in [6, 6.07) is 8.16. The molecular weight excluding hydrogens is 451 g/mol. The minimum Gasteiger partial charge on any atom is -0.331 e. The van der Waals surface area contributed by atoms with Gasteiger partial charge in [0.25, 0.3) is 5.91 Å². The Bertz CT molecular complexity index is 1380. The van der Waals surface area contributed by atoms with Crippen molar-refractivity contribution < 1.29 is 22.8 Å². The van der Waals surface area contributed by atoms with Gasteiger partial charge in [-0.25, -0.2) is 9.78 Å². The largest absolute Gasteiger partial charge is 0.416 e. The van der Waals surface area contributed by atoms with E-state index in [0.717, 1.165) is 18.3 Å². The molecule has 0 atom stereocenters. The topological polar surface area (TPSA) is 116 Å². The highest BCUT2D eigenvalue weighted by molar-refractivity contribution is 6.11. The number of rotatable bonds is 4. The van der Waals surface area contributed by atoms with Crippen molar-refractivity contribution >= 4 is 34.3 Å². The van der Waals surface area contributed by atoms with Gasteiger partial charge in [-0.2, -0.15) is 18.3 Å². The van der Waals surface area contributed by atoms with Crippen molar-refractivity contribution in [1.29, 1.82) is 0 Å². The molecule has 0 unspecified atom stereocenters. The monoisotopic (exact) mass is 469 g/mol. The summed E-state index contributed by atoms with van der Waals surface area (Å²) < 4.78 is 38.8. The van der Waals surface area contributed by atoms with Crippen LogP contribution in [-0.2, 0) is 6.18 Å². The third-order valence-corrected chi connectivity index (χ3v) is 4.84. The molecule has 3 heterocycles. The summed E-state index contributed by atoms with van der Waals surface area (Å²) in [7, 11) is 3.22. The third kappa shape index (κ3) is 4.80. The molecular formula is C22H18F3N7O2. The molecule has 0 radical (unpaired) electrons. The molecule has 3 aromatic heterocycles. The molecule has 0 aliphatic rings. The highest BCUT2D eigenvalue weighted by atomic mass is 19.4. The summed E-state index contributed by atoms with van der Waals surface area (Å²) in [4.78, 5) is 34.0. The minimum absolute atomic E-state index is 0.0129.